The molecule has 0 saturated carbocycles. The van der Waals surface area contributed by atoms with E-state index in [-0.39, 0.29) is 18.0 Å². The van der Waals surface area contributed by atoms with E-state index < -0.39 is 10.2 Å². The molecule has 0 aromatic heterocycles. The molecule has 2 unspecified atom stereocenters. The number of piperidine rings is 1. The fraction of sp³-hybridized carbons (Fsp3) is 0.933. The van der Waals surface area contributed by atoms with Gasteiger partial charge in [0, 0.05) is 25.2 Å². The molecule has 1 fully saturated rings. The van der Waals surface area contributed by atoms with Gasteiger partial charge in [-0.1, -0.05) is 20.8 Å². The monoisotopic (exact) mass is 333 g/mol. The summed E-state index contributed by atoms with van der Waals surface area (Å²) in [7, 11) is -3.58. The Kier molecular flexibility index (Phi) is 6.41. The second-order valence-electron chi connectivity index (χ2n) is 7.50. The molecule has 0 radical (unpaired) electrons. The van der Waals surface area contributed by atoms with Gasteiger partial charge in [-0.2, -0.15) is 17.0 Å². The molecule has 1 aliphatic rings. The number of likely N-dealkylation sites (N-methyl/N-ethyl adjacent to an activating group) is 1. The summed E-state index contributed by atoms with van der Waals surface area (Å²) in [6, 6.07) is 0. The zero-order valence-electron chi connectivity index (χ0n) is 14.7. The molecule has 0 aromatic carbocycles. The Labute approximate surface area is 135 Å². The van der Waals surface area contributed by atoms with Crippen LogP contribution in [0.2, 0.25) is 0 Å². The van der Waals surface area contributed by atoms with Crippen molar-refractivity contribution in [2.45, 2.75) is 53.5 Å². The summed E-state index contributed by atoms with van der Waals surface area (Å²) < 4.78 is 28.4. The smallest absolute Gasteiger partial charge is 0.282 e. The number of hydrogen-bond donors (Lipinski definition) is 1. The molecule has 130 valence electrons. The maximum Gasteiger partial charge on any atom is 0.282 e. The van der Waals surface area contributed by atoms with Gasteiger partial charge in [-0.3, -0.25) is 4.79 Å². The SMILES string of the molecule is CCN(CC(=O)NC(C)(C)C)S(=O)(=O)N1CC(C)CC(C)C1. The first-order valence-electron chi connectivity index (χ1n) is 8.02. The minimum Gasteiger partial charge on any atom is -0.350 e. The van der Waals surface area contributed by atoms with Crippen molar-refractivity contribution in [2.24, 2.45) is 11.8 Å². The van der Waals surface area contributed by atoms with Gasteiger partial charge in [-0.15, -0.1) is 0 Å². The Morgan fingerprint density at radius 1 is 1.23 bits per heavy atom. The number of carbonyl (C=O) groups excluding carboxylic acids is 1. The van der Waals surface area contributed by atoms with E-state index in [9.17, 15) is 13.2 Å². The van der Waals surface area contributed by atoms with Gasteiger partial charge in [-0.05, 0) is 39.0 Å². The van der Waals surface area contributed by atoms with Gasteiger partial charge < -0.3 is 5.32 Å². The van der Waals surface area contributed by atoms with E-state index in [1.807, 2.05) is 20.8 Å². The van der Waals surface area contributed by atoms with Crippen LogP contribution in [0, 0.1) is 11.8 Å². The lowest BCUT2D eigenvalue weighted by Gasteiger charge is -2.37. The first kappa shape index (κ1) is 19.4. The van der Waals surface area contributed by atoms with Gasteiger partial charge in [0.05, 0.1) is 6.54 Å². The summed E-state index contributed by atoms with van der Waals surface area (Å²) in [5.74, 6) is 0.428. The van der Waals surface area contributed by atoms with E-state index in [1.54, 1.807) is 6.92 Å². The molecule has 0 spiro atoms. The van der Waals surface area contributed by atoms with Crippen LogP contribution in [0.3, 0.4) is 0 Å². The highest BCUT2D eigenvalue weighted by molar-refractivity contribution is 7.86. The fourth-order valence-corrected chi connectivity index (χ4v) is 4.75. The largest absolute Gasteiger partial charge is 0.350 e. The third kappa shape index (κ3) is 5.52. The lowest BCUT2D eigenvalue weighted by molar-refractivity contribution is -0.122. The van der Waals surface area contributed by atoms with Gasteiger partial charge >= 0.3 is 0 Å². The molecular formula is C15H31N3O3S. The third-order valence-electron chi connectivity index (χ3n) is 3.68. The molecule has 1 rings (SSSR count). The van der Waals surface area contributed by atoms with Crippen LogP contribution in [0.5, 0.6) is 0 Å². The van der Waals surface area contributed by atoms with Gasteiger partial charge in [0.25, 0.3) is 10.2 Å². The lowest BCUT2D eigenvalue weighted by Crippen LogP contribution is -2.53. The molecule has 0 aliphatic carbocycles. The molecule has 7 heteroatoms. The van der Waals surface area contributed by atoms with Crippen molar-refractivity contribution >= 4 is 16.1 Å². The number of nitrogens with one attached hydrogen (secondary N) is 1. The Balaban J connectivity index is 2.81. The number of hydrogen-bond acceptors (Lipinski definition) is 3. The van der Waals surface area contributed by atoms with E-state index in [1.165, 1.54) is 8.61 Å². The van der Waals surface area contributed by atoms with Crippen molar-refractivity contribution in [3.63, 3.8) is 0 Å². The van der Waals surface area contributed by atoms with Crippen molar-refractivity contribution in [1.29, 1.82) is 0 Å². The predicted molar refractivity (Wildman–Crippen MR) is 88.6 cm³/mol. The van der Waals surface area contributed by atoms with Crippen LogP contribution in [-0.2, 0) is 15.0 Å². The van der Waals surface area contributed by atoms with Crippen LogP contribution >= 0.6 is 0 Å². The van der Waals surface area contributed by atoms with Crippen LogP contribution in [0.25, 0.3) is 0 Å². The molecular weight excluding hydrogens is 302 g/mol. The maximum atomic E-state index is 12.8. The summed E-state index contributed by atoms with van der Waals surface area (Å²) in [5, 5.41) is 2.81. The summed E-state index contributed by atoms with van der Waals surface area (Å²) in [4.78, 5) is 12.1. The quantitative estimate of drug-likeness (QED) is 0.828. The molecule has 1 heterocycles. The number of nitrogens with zero attached hydrogens (tertiary/aromatic N) is 2. The highest BCUT2D eigenvalue weighted by Crippen LogP contribution is 2.24. The second-order valence-corrected chi connectivity index (χ2v) is 9.42. The molecule has 1 saturated heterocycles. The summed E-state index contributed by atoms with van der Waals surface area (Å²) >= 11 is 0. The van der Waals surface area contributed by atoms with Crippen molar-refractivity contribution in [3.8, 4) is 0 Å². The molecule has 1 aliphatic heterocycles. The first-order chi connectivity index (χ1) is 9.95. The van der Waals surface area contributed by atoms with Gasteiger partial charge in [0.15, 0.2) is 0 Å². The zero-order chi connectivity index (χ0) is 17.1. The molecule has 22 heavy (non-hydrogen) atoms. The van der Waals surface area contributed by atoms with Crippen LogP contribution in [0.4, 0.5) is 0 Å². The molecule has 0 bridgehead atoms. The lowest BCUT2D eigenvalue weighted by atomic mass is 9.94. The van der Waals surface area contributed by atoms with Crippen molar-refractivity contribution in [1.82, 2.24) is 13.9 Å². The normalized spacial score (nSPS) is 24.5. The van der Waals surface area contributed by atoms with E-state index in [4.69, 9.17) is 0 Å². The standard InChI is InChI=1S/C15H31N3O3S/c1-7-17(11-14(19)16-15(4,5)6)22(20,21)18-9-12(2)8-13(3)10-18/h12-13H,7-11H2,1-6H3,(H,16,19). The number of rotatable bonds is 5. The maximum absolute atomic E-state index is 12.8. The van der Waals surface area contributed by atoms with Crippen LogP contribution in [0.1, 0.15) is 48.0 Å². The van der Waals surface area contributed by atoms with Gasteiger partial charge in [0.2, 0.25) is 5.91 Å². The third-order valence-corrected chi connectivity index (χ3v) is 5.67. The van der Waals surface area contributed by atoms with E-state index in [2.05, 4.69) is 19.2 Å². The van der Waals surface area contributed by atoms with Crippen molar-refractivity contribution in [3.05, 3.63) is 0 Å². The minimum atomic E-state index is -3.58. The van der Waals surface area contributed by atoms with Crippen molar-refractivity contribution in [2.75, 3.05) is 26.2 Å². The minimum absolute atomic E-state index is 0.130. The average Bonchev–Trinajstić information content (AvgIpc) is 2.32. The van der Waals surface area contributed by atoms with E-state index in [0.29, 0.717) is 31.5 Å². The predicted octanol–water partition coefficient (Wildman–Crippen LogP) is 1.45. The van der Waals surface area contributed by atoms with Crippen LogP contribution in [0.15, 0.2) is 0 Å². The average molecular weight is 333 g/mol. The molecule has 0 aromatic rings. The molecule has 6 nitrogen and oxygen atoms in total. The molecule has 1 amide bonds. The van der Waals surface area contributed by atoms with Crippen LogP contribution < -0.4 is 5.32 Å². The highest BCUT2D eigenvalue weighted by Gasteiger charge is 2.35. The van der Waals surface area contributed by atoms with E-state index in [0.717, 1.165) is 6.42 Å². The highest BCUT2D eigenvalue weighted by atomic mass is 32.2. The number of amides is 1. The van der Waals surface area contributed by atoms with Crippen LogP contribution in [-0.4, -0.2) is 54.7 Å². The van der Waals surface area contributed by atoms with E-state index >= 15 is 0 Å². The second kappa shape index (κ2) is 7.27. The Bertz CT molecular complexity index is 475. The molecule has 2 atom stereocenters. The van der Waals surface area contributed by atoms with Gasteiger partial charge in [0.1, 0.15) is 0 Å². The zero-order valence-corrected chi connectivity index (χ0v) is 15.5. The number of carbonyl (C=O) groups is 1. The topological polar surface area (TPSA) is 69.7 Å². The Morgan fingerprint density at radius 3 is 2.14 bits per heavy atom. The summed E-state index contributed by atoms with van der Waals surface area (Å²) in [5.41, 5.74) is -0.367. The summed E-state index contributed by atoms with van der Waals surface area (Å²) in [6.07, 6.45) is 1.04. The Hall–Kier alpha value is -0.660. The van der Waals surface area contributed by atoms with Crippen molar-refractivity contribution < 1.29 is 13.2 Å². The Morgan fingerprint density at radius 2 is 1.73 bits per heavy atom. The van der Waals surface area contributed by atoms with Gasteiger partial charge in [-0.25, -0.2) is 0 Å². The summed E-state index contributed by atoms with van der Waals surface area (Å²) in [6.45, 7) is 12.8. The fourth-order valence-electron chi connectivity index (χ4n) is 2.93. The molecule has 1 N–H and O–H groups in total. The first-order valence-corrected chi connectivity index (χ1v) is 9.41.